The van der Waals surface area contributed by atoms with Crippen molar-refractivity contribution >= 4 is 5.97 Å². The van der Waals surface area contributed by atoms with E-state index in [-0.39, 0.29) is 11.9 Å². The van der Waals surface area contributed by atoms with E-state index < -0.39 is 0 Å². The molecule has 0 aliphatic rings. The average molecular weight is 443 g/mol. The van der Waals surface area contributed by atoms with Crippen LogP contribution in [0, 0.1) is 5.92 Å². The summed E-state index contributed by atoms with van der Waals surface area (Å²) in [6.45, 7) is 15.7. The fourth-order valence-corrected chi connectivity index (χ4v) is 3.36. The maximum atomic E-state index is 12.4. The largest absolute Gasteiger partial charge is 0.465 e. The van der Waals surface area contributed by atoms with E-state index in [4.69, 9.17) is 4.74 Å². The van der Waals surface area contributed by atoms with Crippen LogP contribution in [0.25, 0.3) is 0 Å². The van der Waals surface area contributed by atoms with Crippen LogP contribution >= 0.6 is 0 Å². The van der Waals surface area contributed by atoms with Gasteiger partial charge in [-0.1, -0.05) is 151 Å². The molecule has 2 heteroatoms. The lowest BCUT2D eigenvalue weighted by Crippen LogP contribution is -2.18. The van der Waals surface area contributed by atoms with Gasteiger partial charge in [0.2, 0.25) is 0 Å². The molecule has 0 fully saturated rings. The first-order valence-corrected chi connectivity index (χ1v) is 14.3. The van der Waals surface area contributed by atoms with Crippen molar-refractivity contribution in [3.05, 3.63) is 0 Å². The summed E-state index contributed by atoms with van der Waals surface area (Å²) >= 11 is 0. The second-order valence-electron chi connectivity index (χ2n) is 8.68. The molecule has 0 N–H and O–H groups in total. The zero-order valence-corrected chi connectivity index (χ0v) is 23.0. The number of unbranched alkanes of at least 4 members (excludes halogenated alkanes) is 13. The van der Waals surface area contributed by atoms with Crippen LogP contribution in [0.15, 0.2) is 0 Å². The predicted octanol–water partition coefficient (Wildman–Crippen LogP) is 10.7. The molecule has 0 heterocycles. The first-order valence-electron chi connectivity index (χ1n) is 14.3. The van der Waals surface area contributed by atoms with E-state index in [1.807, 2.05) is 13.8 Å². The Kier molecular flexibility index (Phi) is 38.6. The second kappa shape index (κ2) is 34.1. The van der Waals surface area contributed by atoms with Gasteiger partial charge in [0, 0.05) is 0 Å². The van der Waals surface area contributed by atoms with Crippen molar-refractivity contribution in [2.45, 2.75) is 170 Å². The third-order valence-electron chi connectivity index (χ3n) is 5.64. The van der Waals surface area contributed by atoms with E-state index in [9.17, 15) is 4.79 Å². The Hall–Kier alpha value is -0.530. The quantitative estimate of drug-likeness (QED) is 0.138. The molecule has 1 unspecified atom stereocenters. The minimum atomic E-state index is 0.0838. The fourth-order valence-electron chi connectivity index (χ4n) is 3.36. The highest BCUT2D eigenvalue weighted by Crippen LogP contribution is 2.20. The van der Waals surface area contributed by atoms with Gasteiger partial charge in [0.15, 0.2) is 0 Å². The normalized spacial score (nSPS) is 11.1. The molecule has 0 radical (unpaired) electrons. The summed E-state index contributed by atoms with van der Waals surface area (Å²) < 4.78 is 5.60. The van der Waals surface area contributed by atoms with Gasteiger partial charge in [-0.05, 0) is 19.3 Å². The van der Waals surface area contributed by atoms with Gasteiger partial charge < -0.3 is 4.74 Å². The van der Waals surface area contributed by atoms with Crippen molar-refractivity contribution in [2.75, 3.05) is 6.61 Å². The van der Waals surface area contributed by atoms with Crippen LogP contribution in [0.1, 0.15) is 170 Å². The van der Waals surface area contributed by atoms with Crippen LogP contribution in [-0.2, 0) is 9.53 Å². The summed E-state index contributed by atoms with van der Waals surface area (Å²) in [6, 6.07) is 0. The predicted molar refractivity (Wildman–Crippen MR) is 142 cm³/mol. The molecule has 0 aromatic carbocycles. The van der Waals surface area contributed by atoms with E-state index in [0.29, 0.717) is 6.61 Å². The van der Waals surface area contributed by atoms with Crippen molar-refractivity contribution in [1.82, 2.24) is 0 Å². The van der Waals surface area contributed by atoms with E-state index in [1.165, 1.54) is 103 Å². The van der Waals surface area contributed by atoms with Gasteiger partial charge in [0.25, 0.3) is 0 Å². The SMILES string of the molecule is CC.CCCC.CCCCCCCCC(CCCCCC)C(=O)OCCCCCCC. The second-order valence-corrected chi connectivity index (χ2v) is 8.68. The lowest BCUT2D eigenvalue weighted by molar-refractivity contribution is -0.149. The van der Waals surface area contributed by atoms with Gasteiger partial charge in [-0.25, -0.2) is 0 Å². The van der Waals surface area contributed by atoms with Gasteiger partial charge >= 0.3 is 5.97 Å². The lowest BCUT2D eigenvalue weighted by atomic mass is 9.94. The summed E-state index contributed by atoms with van der Waals surface area (Å²) in [7, 11) is 0. The van der Waals surface area contributed by atoms with Crippen LogP contribution in [-0.4, -0.2) is 12.6 Å². The molecular formula is C29H62O2. The summed E-state index contributed by atoms with van der Waals surface area (Å²) in [6.07, 6.45) is 23.5. The highest BCUT2D eigenvalue weighted by atomic mass is 16.5. The molecule has 2 nitrogen and oxygen atoms in total. The molecule has 0 saturated carbocycles. The Morgan fingerprint density at radius 2 is 0.871 bits per heavy atom. The Labute approximate surface area is 198 Å². The smallest absolute Gasteiger partial charge is 0.308 e. The molecule has 0 aromatic rings. The first-order chi connectivity index (χ1) is 15.2. The Morgan fingerprint density at radius 3 is 1.29 bits per heavy atom. The summed E-state index contributed by atoms with van der Waals surface area (Å²) in [5.74, 6) is 0.235. The molecule has 0 bridgehead atoms. The Balaban J connectivity index is -0.00000116. The summed E-state index contributed by atoms with van der Waals surface area (Å²) in [5.41, 5.74) is 0. The average Bonchev–Trinajstić information content (AvgIpc) is 2.81. The molecule has 0 spiro atoms. The van der Waals surface area contributed by atoms with Gasteiger partial charge in [-0.15, -0.1) is 0 Å². The molecule has 190 valence electrons. The monoisotopic (exact) mass is 442 g/mol. The van der Waals surface area contributed by atoms with Gasteiger partial charge in [-0.3, -0.25) is 4.79 Å². The highest BCUT2D eigenvalue weighted by molar-refractivity contribution is 5.72. The van der Waals surface area contributed by atoms with Crippen LogP contribution < -0.4 is 0 Å². The molecule has 0 rings (SSSR count). The molecular weight excluding hydrogens is 380 g/mol. The fraction of sp³-hybridized carbons (Fsp3) is 0.966. The summed E-state index contributed by atoms with van der Waals surface area (Å²) in [4.78, 5) is 12.4. The molecule has 1 atom stereocenters. The topological polar surface area (TPSA) is 26.3 Å². The third kappa shape index (κ3) is 31.7. The minimum Gasteiger partial charge on any atom is -0.465 e. The minimum absolute atomic E-state index is 0.0838. The number of carbonyl (C=O) groups is 1. The standard InChI is InChI=1S/C23H46O2.C4H10.C2H6/c1-4-7-10-13-14-17-20-22(19-16-12-9-6-3)23(24)25-21-18-15-11-8-5-2;1-3-4-2;1-2/h22H,4-21H2,1-3H3;3-4H2,1-2H3;1-2H3. The van der Waals surface area contributed by atoms with Crippen molar-refractivity contribution in [2.24, 2.45) is 5.92 Å². The van der Waals surface area contributed by atoms with Gasteiger partial charge in [0.1, 0.15) is 0 Å². The number of esters is 1. The maximum Gasteiger partial charge on any atom is 0.308 e. The van der Waals surface area contributed by atoms with Crippen LogP contribution in [0.5, 0.6) is 0 Å². The molecule has 0 saturated heterocycles. The number of hydrogen-bond acceptors (Lipinski definition) is 2. The molecule has 0 aliphatic carbocycles. The number of hydrogen-bond donors (Lipinski definition) is 0. The molecule has 0 aromatic heterocycles. The summed E-state index contributed by atoms with van der Waals surface area (Å²) in [5, 5.41) is 0. The van der Waals surface area contributed by atoms with Crippen LogP contribution in [0.4, 0.5) is 0 Å². The van der Waals surface area contributed by atoms with E-state index >= 15 is 0 Å². The zero-order valence-electron chi connectivity index (χ0n) is 23.0. The Bertz CT molecular complexity index is 299. The zero-order chi connectivity index (χ0) is 24.0. The van der Waals surface area contributed by atoms with Gasteiger partial charge in [-0.2, -0.15) is 0 Å². The highest BCUT2D eigenvalue weighted by Gasteiger charge is 2.19. The van der Waals surface area contributed by atoms with Crippen molar-refractivity contribution < 1.29 is 9.53 Å². The van der Waals surface area contributed by atoms with Crippen molar-refractivity contribution in [3.63, 3.8) is 0 Å². The molecule has 0 amide bonds. The van der Waals surface area contributed by atoms with Crippen molar-refractivity contribution in [1.29, 1.82) is 0 Å². The first kappa shape index (κ1) is 35.1. The Morgan fingerprint density at radius 1 is 0.516 bits per heavy atom. The number of carbonyl (C=O) groups excluding carboxylic acids is 1. The molecule has 31 heavy (non-hydrogen) atoms. The third-order valence-corrected chi connectivity index (χ3v) is 5.64. The van der Waals surface area contributed by atoms with Crippen molar-refractivity contribution in [3.8, 4) is 0 Å². The van der Waals surface area contributed by atoms with Crippen LogP contribution in [0.2, 0.25) is 0 Å². The van der Waals surface area contributed by atoms with E-state index in [1.54, 1.807) is 0 Å². The van der Waals surface area contributed by atoms with Crippen LogP contribution in [0.3, 0.4) is 0 Å². The maximum absolute atomic E-state index is 12.4. The van der Waals surface area contributed by atoms with Gasteiger partial charge in [0.05, 0.1) is 12.5 Å². The van der Waals surface area contributed by atoms with E-state index in [0.717, 1.165) is 19.3 Å². The molecule has 0 aliphatic heterocycles. The number of ether oxygens (including phenoxy) is 1. The number of rotatable bonds is 20. The van der Waals surface area contributed by atoms with E-state index in [2.05, 4.69) is 34.6 Å². The lowest BCUT2D eigenvalue weighted by Gasteiger charge is -2.16.